The molecule has 5 nitrogen and oxygen atoms in total. The molecule has 0 aliphatic carbocycles. The van der Waals surface area contributed by atoms with Gasteiger partial charge in [-0.2, -0.15) is 11.8 Å². The van der Waals surface area contributed by atoms with Crippen LogP contribution in [0.5, 0.6) is 0 Å². The van der Waals surface area contributed by atoms with E-state index in [4.69, 9.17) is 4.52 Å². The zero-order chi connectivity index (χ0) is 14.8. The van der Waals surface area contributed by atoms with Crippen molar-refractivity contribution in [3.63, 3.8) is 0 Å². The van der Waals surface area contributed by atoms with Crippen molar-refractivity contribution < 1.29 is 4.52 Å². The van der Waals surface area contributed by atoms with E-state index < -0.39 is 0 Å². The highest BCUT2D eigenvalue weighted by atomic mass is 127. The average molecular weight is 426 g/mol. The Bertz CT molecular complexity index is 407. The summed E-state index contributed by atoms with van der Waals surface area (Å²) in [7, 11) is 1.77. The molecule has 0 aliphatic rings. The quantitative estimate of drug-likeness (QED) is 0.289. The lowest BCUT2D eigenvalue weighted by Gasteiger charge is -2.09. The second-order valence-corrected chi connectivity index (χ2v) is 5.56. The number of hydrogen-bond acceptors (Lipinski definition) is 4. The van der Waals surface area contributed by atoms with E-state index in [1.165, 1.54) is 0 Å². The van der Waals surface area contributed by atoms with Crippen LogP contribution in [0.15, 0.2) is 15.6 Å². The Balaban J connectivity index is 0.00000400. The number of halogens is 1. The minimum Gasteiger partial charge on any atom is -0.359 e. The maximum absolute atomic E-state index is 5.37. The summed E-state index contributed by atoms with van der Waals surface area (Å²) < 4.78 is 5.37. The van der Waals surface area contributed by atoms with Crippen molar-refractivity contribution in [2.75, 3.05) is 25.6 Å². The Labute approximate surface area is 149 Å². The van der Waals surface area contributed by atoms with Crippen LogP contribution in [-0.4, -0.2) is 36.7 Å². The van der Waals surface area contributed by atoms with Crippen molar-refractivity contribution >= 4 is 41.7 Å². The fraction of sp³-hybridized carbons (Fsp3) is 0.714. The molecule has 2 N–H and O–H groups in total. The van der Waals surface area contributed by atoms with Crippen molar-refractivity contribution in [2.45, 2.75) is 39.2 Å². The molecule has 0 amide bonds. The predicted molar refractivity (Wildman–Crippen MR) is 102 cm³/mol. The van der Waals surface area contributed by atoms with Crippen LogP contribution in [0, 0.1) is 0 Å². The van der Waals surface area contributed by atoms with Gasteiger partial charge in [0, 0.05) is 31.3 Å². The van der Waals surface area contributed by atoms with E-state index in [-0.39, 0.29) is 24.0 Å². The smallest absolute Gasteiger partial charge is 0.191 e. The minimum atomic E-state index is 0. The fourth-order valence-electron chi connectivity index (χ4n) is 1.97. The molecule has 0 fully saturated rings. The number of nitrogens with one attached hydrogen (secondary N) is 2. The molecule has 7 heteroatoms. The summed E-state index contributed by atoms with van der Waals surface area (Å²) in [4.78, 5) is 4.17. The summed E-state index contributed by atoms with van der Waals surface area (Å²) in [5.74, 6) is 3.19. The fourth-order valence-corrected chi connectivity index (χ4v) is 2.28. The number of rotatable bonds is 8. The lowest BCUT2D eigenvalue weighted by molar-refractivity contribution is 0.368. The first-order valence-corrected chi connectivity index (χ1v) is 8.53. The number of hydrogen-bond donors (Lipinski definition) is 2. The summed E-state index contributed by atoms with van der Waals surface area (Å²) >= 11 is 1.81. The molecule has 0 saturated carbocycles. The first-order valence-electron chi connectivity index (χ1n) is 7.14. The van der Waals surface area contributed by atoms with Crippen LogP contribution in [0.4, 0.5) is 0 Å². The number of guanidine groups is 1. The molecular formula is C14H27IN4OS. The van der Waals surface area contributed by atoms with Crippen molar-refractivity contribution in [2.24, 2.45) is 4.99 Å². The van der Waals surface area contributed by atoms with E-state index in [1.807, 2.05) is 6.07 Å². The van der Waals surface area contributed by atoms with Gasteiger partial charge in [0.25, 0.3) is 0 Å². The zero-order valence-corrected chi connectivity index (χ0v) is 16.5. The number of aliphatic imine (C=N–C) groups is 1. The molecule has 0 unspecified atom stereocenters. The van der Waals surface area contributed by atoms with Gasteiger partial charge in [0.2, 0.25) is 0 Å². The van der Waals surface area contributed by atoms with Crippen molar-refractivity contribution in [3.8, 4) is 0 Å². The van der Waals surface area contributed by atoms with Crippen LogP contribution in [-0.2, 0) is 6.54 Å². The molecule has 0 spiro atoms. The van der Waals surface area contributed by atoms with E-state index in [2.05, 4.69) is 40.9 Å². The first kappa shape index (κ1) is 20.6. The van der Waals surface area contributed by atoms with Crippen LogP contribution in [0.1, 0.15) is 44.1 Å². The van der Waals surface area contributed by atoms with E-state index in [0.29, 0.717) is 12.5 Å². The monoisotopic (exact) mass is 426 g/mol. The van der Waals surface area contributed by atoms with E-state index in [1.54, 1.807) is 18.8 Å². The van der Waals surface area contributed by atoms with Crippen LogP contribution in [0.3, 0.4) is 0 Å². The van der Waals surface area contributed by atoms with Gasteiger partial charge < -0.3 is 15.2 Å². The number of aromatic nitrogens is 1. The molecule has 0 aromatic carbocycles. The molecule has 0 aliphatic heterocycles. The van der Waals surface area contributed by atoms with Gasteiger partial charge in [-0.3, -0.25) is 4.99 Å². The largest absolute Gasteiger partial charge is 0.359 e. The molecule has 0 atom stereocenters. The standard InChI is InChI=1S/C14H26N4OS.HI/c1-5-11(6-2)13-9-12(19-18-13)10-17-14(15-3)16-7-8-20-4;/h9,11H,5-8,10H2,1-4H3,(H2,15,16,17);1H. The van der Waals surface area contributed by atoms with Crippen LogP contribution < -0.4 is 10.6 Å². The Morgan fingerprint density at radius 3 is 2.67 bits per heavy atom. The maximum atomic E-state index is 5.37. The van der Waals surface area contributed by atoms with Crippen LogP contribution in [0.25, 0.3) is 0 Å². The summed E-state index contributed by atoms with van der Waals surface area (Å²) in [6.07, 6.45) is 4.27. The Morgan fingerprint density at radius 1 is 1.38 bits per heavy atom. The van der Waals surface area contributed by atoms with Gasteiger partial charge in [-0.25, -0.2) is 0 Å². The Morgan fingerprint density at radius 2 is 2.10 bits per heavy atom. The van der Waals surface area contributed by atoms with Gasteiger partial charge in [0.1, 0.15) is 0 Å². The van der Waals surface area contributed by atoms with Crippen molar-refractivity contribution in [1.29, 1.82) is 0 Å². The topological polar surface area (TPSA) is 62.5 Å². The van der Waals surface area contributed by atoms with Gasteiger partial charge in [-0.1, -0.05) is 19.0 Å². The summed E-state index contributed by atoms with van der Waals surface area (Å²) in [6.45, 7) is 5.86. The zero-order valence-electron chi connectivity index (χ0n) is 13.3. The highest BCUT2D eigenvalue weighted by Gasteiger charge is 2.12. The van der Waals surface area contributed by atoms with Gasteiger partial charge >= 0.3 is 0 Å². The highest BCUT2D eigenvalue weighted by molar-refractivity contribution is 14.0. The molecule has 1 aromatic heterocycles. The molecular weight excluding hydrogens is 399 g/mol. The molecule has 1 heterocycles. The number of thioether (sulfide) groups is 1. The molecule has 122 valence electrons. The second-order valence-electron chi connectivity index (χ2n) is 4.58. The van der Waals surface area contributed by atoms with Gasteiger partial charge in [0.05, 0.1) is 12.2 Å². The van der Waals surface area contributed by atoms with Crippen LogP contribution >= 0.6 is 35.7 Å². The minimum absolute atomic E-state index is 0. The van der Waals surface area contributed by atoms with Gasteiger partial charge in [-0.15, -0.1) is 24.0 Å². The Kier molecular flexibility index (Phi) is 11.9. The third kappa shape index (κ3) is 7.39. The van der Waals surface area contributed by atoms with E-state index >= 15 is 0 Å². The van der Waals surface area contributed by atoms with E-state index in [9.17, 15) is 0 Å². The maximum Gasteiger partial charge on any atom is 0.191 e. The van der Waals surface area contributed by atoms with Gasteiger partial charge in [-0.05, 0) is 19.1 Å². The van der Waals surface area contributed by atoms with Crippen molar-refractivity contribution in [3.05, 3.63) is 17.5 Å². The third-order valence-electron chi connectivity index (χ3n) is 3.23. The third-order valence-corrected chi connectivity index (χ3v) is 3.85. The molecule has 0 radical (unpaired) electrons. The SMILES string of the molecule is CCC(CC)c1cc(CNC(=NC)NCCSC)on1.I. The molecule has 21 heavy (non-hydrogen) atoms. The normalized spacial score (nSPS) is 11.4. The average Bonchev–Trinajstić information content (AvgIpc) is 2.93. The second kappa shape index (κ2) is 12.1. The molecule has 0 bridgehead atoms. The predicted octanol–water partition coefficient (Wildman–Crippen LogP) is 3.22. The molecule has 1 rings (SSSR count). The number of nitrogens with zero attached hydrogens (tertiary/aromatic N) is 2. The molecule has 0 saturated heterocycles. The van der Waals surface area contributed by atoms with Crippen molar-refractivity contribution in [1.82, 2.24) is 15.8 Å². The van der Waals surface area contributed by atoms with E-state index in [0.717, 1.165) is 42.6 Å². The lowest BCUT2D eigenvalue weighted by atomic mass is 9.99. The summed E-state index contributed by atoms with van der Waals surface area (Å²) in [5.41, 5.74) is 1.05. The molecule has 1 aromatic rings. The van der Waals surface area contributed by atoms with Crippen LogP contribution in [0.2, 0.25) is 0 Å². The van der Waals surface area contributed by atoms with Gasteiger partial charge in [0.15, 0.2) is 11.7 Å². The summed E-state index contributed by atoms with van der Waals surface area (Å²) in [6, 6.07) is 2.04. The Hall–Kier alpha value is -0.440. The lowest BCUT2D eigenvalue weighted by Crippen LogP contribution is -2.37. The summed E-state index contributed by atoms with van der Waals surface area (Å²) in [5, 5.41) is 10.6. The first-order chi connectivity index (χ1) is 9.74. The highest BCUT2D eigenvalue weighted by Crippen LogP contribution is 2.22.